The van der Waals surface area contributed by atoms with Crippen molar-refractivity contribution in [2.45, 2.75) is 19.8 Å². The Morgan fingerprint density at radius 3 is 2.24 bits per heavy atom. The van der Waals surface area contributed by atoms with Crippen LogP contribution in [0.15, 0.2) is 24.3 Å². The van der Waals surface area contributed by atoms with E-state index in [0.29, 0.717) is 17.9 Å². The van der Waals surface area contributed by atoms with Gasteiger partial charge in [0.2, 0.25) is 0 Å². The van der Waals surface area contributed by atoms with E-state index in [4.69, 9.17) is 10.1 Å². The number of hydroxylamine groups is 2. The van der Waals surface area contributed by atoms with Crippen molar-refractivity contribution < 1.29 is 19.2 Å². The molecule has 0 aromatic heterocycles. The Hall–Kier alpha value is -2.68. The molecular weight excluding hydrogens is 272 g/mol. The van der Waals surface area contributed by atoms with Crippen molar-refractivity contribution in [1.82, 2.24) is 5.06 Å². The molecule has 3 rings (SSSR count). The molecule has 21 heavy (non-hydrogen) atoms. The fourth-order valence-electron chi connectivity index (χ4n) is 2.85. The lowest BCUT2D eigenvalue weighted by Gasteiger charge is -2.38. The number of nitrogens with zero attached hydrogens (tertiary/aromatic N) is 2. The lowest BCUT2D eigenvalue weighted by Crippen LogP contribution is -2.46. The van der Waals surface area contributed by atoms with Crippen molar-refractivity contribution in [2.75, 3.05) is 0 Å². The second-order valence-electron chi connectivity index (χ2n) is 5.54. The number of carbonyl (C=O) groups excluding carboxylic acids is 3. The third-order valence-corrected chi connectivity index (χ3v) is 3.93. The van der Waals surface area contributed by atoms with Crippen LogP contribution in [0.25, 0.3) is 0 Å². The molecule has 2 aliphatic rings. The topological polar surface area (TPSA) is 87.5 Å². The maximum absolute atomic E-state index is 12.1. The van der Waals surface area contributed by atoms with Crippen molar-refractivity contribution in [3.63, 3.8) is 0 Å². The molecule has 1 fully saturated rings. The first-order valence-electron chi connectivity index (χ1n) is 6.60. The highest BCUT2D eigenvalue weighted by atomic mass is 16.7. The molecule has 0 saturated heterocycles. The van der Waals surface area contributed by atoms with Gasteiger partial charge in [-0.2, -0.15) is 5.26 Å². The highest BCUT2D eigenvalue weighted by Gasteiger charge is 2.52. The molecule has 6 heteroatoms. The number of hydrogen-bond acceptors (Lipinski definition) is 5. The number of hydrogen-bond donors (Lipinski definition) is 0. The Kier molecular flexibility index (Phi) is 2.80. The van der Waals surface area contributed by atoms with Crippen molar-refractivity contribution in [1.29, 1.82) is 5.26 Å². The number of fused-ring (bicyclic) bond motifs is 1. The smallest absolute Gasteiger partial charge is 0.328 e. The average Bonchev–Trinajstić information content (AvgIpc) is 2.69. The number of imide groups is 1. The van der Waals surface area contributed by atoms with Crippen molar-refractivity contribution in [2.24, 2.45) is 11.3 Å². The van der Waals surface area contributed by atoms with Gasteiger partial charge in [0.15, 0.2) is 5.41 Å². The highest BCUT2D eigenvalue weighted by molar-refractivity contribution is 6.20. The summed E-state index contributed by atoms with van der Waals surface area (Å²) in [4.78, 5) is 41.2. The summed E-state index contributed by atoms with van der Waals surface area (Å²) in [5.74, 6) is -1.94. The minimum Gasteiger partial charge on any atom is -0.328 e. The number of rotatable bonds is 2. The molecule has 1 aromatic carbocycles. The normalized spacial score (nSPS) is 26.9. The fraction of sp³-hybridized carbons (Fsp3) is 0.333. The van der Waals surface area contributed by atoms with Crippen LogP contribution in [0.5, 0.6) is 0 Å². The predicted molar refractivity (Wildman–Crippen MR) is 69.5 cm³/mol. The van der Waals surface area contributed by atoms with Gasteiger partial charge in [0, 0.05) is 0 Å². The van der Waals surface area contributed by atoms with Crippen LogP contribution in [0.4, 0.5) is 0 Å². The Morgan fingerprint density at radius 1 is 1.29 bits per heavy atom. The minimum atomic E-state index is -1.24. The van der Waals surface area contributed by atoms with E-state index in [1.54, 1.807) is 12.1 Å². The minimum absolute atomic E-state index is 0.197. The van der Waals surface area contributed by atoms with E-state index in [-0.39, 0.29) is 17.0 Å². The molecule has 1 saturated carbocycles. The first kappa shape index (κ1) is 13.3. The molecule has 106 valence electrons. The Labute approximate surface area is 120 Å². The number of amides is 2. The summed E-state index contributed by atoms with van der Waals surface area (Å²) in [6.45, 7) is 1.92. The van der Waals surface area contributed by atoms with Crippen LogP contribution in [0.1, 0.15) is 40.5 Å². The summed E-state index contributed by atoms with van der Waals surface area (Å²) in [6, 6.07) is 8.19. The average molecular weight is 284 g/mol. The monoisotopic (exact) mass is 284 g/mol. The van der Waals surface area contributed by atoms with Gasteiger partial charge >= 0.3 is 5.97 Å². The van der Waals surface area contributed by atoms with Gasteiger partial charge in [-0.3, -0.25) is 9.59 Å². The second kappa shape index (κ2) is 4.42. The van der Waals surface area contributed by atoms with Gasteiger partial charge in [-0.1, -0.05) is 24.1 Å². The second-order valence-corrected chi connectivity index (χ2v) is 5.54. The lowest BCUT2D eigenvalue weighted by atomic mass is 9.63. The molecule has 1 heterocycles. The molecular formula is C15H12N2O4. The van der Waals surface area contributed by atoms with Crippen molar-refractivity contribution in [3.05, 3.63) is 35.4 Å². The molecule has 0 bridgehead atoms. The van der Waals surface area contributed by atoms with Crippen molar-refractivity contribution >= 4 is 17.8 Å². The van der Waals surface area contributed by atoms with E-state index in [2.05, 4.69) is 0 Å². The van der Waals surface area contributed by atoms with Crippen LogP contribution in [-0.2, 0) is 9.63 Å². The molecule has 6 nitrogen and oxygen atoms in total. The van der Waals surface area contributed by atoms with E-state index >= 15 is 0 Å². The molecule has 0 N–H and O–H groups in total. The summed E-state index contributed by atoms with van der Waals surface area (Å²) in [6.07, 6.45) is 0.761. The molecule has 1 aliphatic carbocycles. The maximum atomic E-state index is 12.1. The molecule has 0 spiro atoms. The number of benzene rings is 1. The Morgan fingerprint density at radius 2 is 1.81 bits per heavy atom. The molecule has 0 radical (unpaired) electrons. The SMILES string of the molecule is CC1CC(C#N)(C(=O)ON2C(=O)c3ccccc3C2=O)C1. The molecule has 1 aromatic rings. The fourth-order valence-corrected chi connectivity index (χ4v) is 2.85. The quantitative estimate of drug-likeness (QED) is 0.771. The maximum Gasteiger partial charge on any atom is 0.353 e. The zero-order chi connectivity index (χ0) is 15.2. The highest BCUT2D eigenvalue weighted by Crippen LogP contribution is 2.46. The van der Waals surface area contributed by atoms with Gasteiger partial charge in [0.1, 0.15) is 0 Å². The summed E-state index contributed by atoms with van der Waals surface area (Å²) in [7, 11) is 0. The van der Waals surface area contributed by atoms with Gasteiger partial charge in [-0.15, -0.1) is 0 Å². The van der Waals surface area contributed by atoms with Crippen LogP contribution in [0.3, 0.4) is 0 Å². The van der Waals surface area contributed by atoms with Crippen LogP contribution < -0.4 is 0 Å². The van der Waals surface area contributed by atoms with E-state index in [0.717, 1.165) is 0 Å². The lowest BCUT2D eigenvalue weighted by molar-refractivity contribution is -0.184. The third-order valence-electron chi connectivity index (χ3n) is 3.93. The summed E-state index contributed by atoms with van der Waals surface area (Å²) in [5.41, 5.74) is -0.846. The van der Waals surface area contributed by atoms with E-state index in [9.17, 15) is 14.4 Å². The molecule has 0 atom stereocenters. The summed E-state index contributed by atoms with van der Waals surface area (Å²) >= 11 is 0. The van der Waals surface area contributed by atoms with Crippen LogP contribution in [0.2, 0.25) is 0 Å². The van der Waals surface area contributed by atoms with Gasteiger partial charge in [-0.05, 0) is 30.9 Å². The van der Waals surface area contributed by atoms with Crippen LogP contribution in [0, 0.1) is 22.7 Å². The van der Waals surface area contributed by atoms with Crippen LogP contribution >= 0.6 is 0 Å². The van der Waals surface area contributed by atoms with Gasteiger partial charge in [0.05, 0.1) is 17.2 Å². The summed E-state index contributed by atoms with van der Waals surface area (Å²) < 4.78 is 0. The van der Waals surface area contributed by atoms with Crippen LogP contribution in [-0.4, -0.2) is 22.8 Å². The molecule has 0 unspecified atom stereocenters. The Bertz CT molecular complexity index is 663. The largest absolute Gasteiger partial charge is 0.353 e. The molecule has 2 amide bonds. The zero-order valence-corrected chi connectivity index (χ0v) is 11.3. The van der Waals surface area contributed by atoms with Crippen molar-refractivity contribution in [3.8, 4) is 6.07 Å². The molecule has 1 aliphatic heterocycles. The van der Waals surface area contributed by atoms with Gasteiger partial charge < -0.3 is 4.84 Å². The summed E-state index contributed by atoms with van der Waals surface area (Å²) in [5, 5.41) is 9.62. The van der Waals surface area contributed by atoms with E-state index in [1.165, 1.54) is 12.1 Å². The van der Waals surface area contributed by atoms with Gasteiger partial charge in [0.25, 0.3) is 11.8 Å². The Balaban J connectivity index is 1.82. The predicted octanol–water partition coefficient (Wildman–Crippen LogP) is 1.68. The zero-order valence-electron chi connectivity index (χ0n) is 11.3. The van der Waals surface area contributed by atoms with Gasteiger partial charge in [-0.25, -0.2) is 4.79 Å². The third kappa shape index (κ3) is 1.82. The standard InChI is InChI=1S/C15H12N2O4/c1-9-6-15(7-9,8-16)14(20)21-17-12(18)10-4-2-3-5-11(10)13(17)19/h2-5,9H,6-7H2,1H3. The first-order chi connectivity index (χ1) is 9.98. The van der Waals surface area contributed by atoms with E-state index in [1.807, 2.05) is 13.0 Å². The first-order valence-corrected chi connectivity index (χ1v) is 6.60. The number of carbonyl (C=O) groups is 3. The number of nitriles is 1. The van der Waals surface area contributed by atoms with E-state index < -0.39 is 23.2 Å².